The zero-order valence-electron chi connectivity index (χ0n) is 11.0. The molecule has 0 saturated carbocycles. The van der Waals surface area contributed by atoms with E-state index in [-0.39, 0.29) is 12.5 Å². The van der Waals surface area contributed by atoms with Crippen LogP contribution in [-0.4, -0.2) is 29.1 Å². The van der Waals surface area contributed by atoms with Gasteiger partial charge >= 0.3 is 0 Å². The number of rotatable bonds is 7. The van der Waals surface area contributed by atoms with E-state index in [0.717, 1.165) is 23.4 Å². The minimum absolute atomic E-state index is 0.0195. The third kappa shape index (κ3) is 5.10. The predicted molar refractivity (Wildman–Crippen MR) is 78.2 cm³/mol. The molecule has 0 aliphatic rings. The molecule has 1 aromatic rings. The highest BCUT2D eigenvalue weighted by atomic mass is 32.2. The lowest BCUT2D eigenvalue weighted by molar-refractivity contribution is -0.113. The Morgan fingerprint density at radius 1 is 1.39 bits per heavy atom. The summed E-state index contributed by atoms with van der Waals surface area (Å²) in [5, 5.41) is 11.6. The number of aliphatic hydroxyl groups excluding tert-OH is 1. The van der Waals surface area contributed by atoms with Gasteiger partial charge in [-0.15, -0.1) is 0 Å². The molecule has 0 saturated heterocycles. The molecule has 18 heavy (non-hydrogen) atoms. The molecule has 0 unspecified atom stereocenters. The van der Waals surface area contributed by atoms with E-state index in [1.165, 1.54) is 0 Å². The second-order valence-electron chi connectivity index (χ2n) is 4.42. The van der Waals surface area contributed by atoms with Crippen LogP contribution in [0.4, 0.5) is 5.69 Å². The van der Waals surface area contributed by atoms with Gasteiger partial charge in [0.05, 0.1) is 5.75 Å². The summed E-state index contributed by atoms with van der Waals surface area (Å²) >= 11 is 1.55. The molecule has 1 aromatic carbocycles. The number of thioether (sulfide) groups is 1. The van der Waals surface area contributed by atoms with Gasteiger partial charge in [-0.3, -0.25) is 4.79 Å². The molecular formula is C14H21NO2S. The second-order valence-corrected chi connectivity index (χ2v) is 5.53. The van der Waals surface area contributed by atoms with Gasteiger partial charge in [-0.25, -0.2) is 0 Å². The Morgan fingerprint density at radius 3 is 2.78 bits per heavy atom. The van der Waals surface area contributed by atoms with Crippen molar-refractivity contribution in [1.29, 1.82) is 0 Å². The Kier molecular flexibility index (Phi) is 6.83. The van der Waals surface area contributed by atoms with Crippen LogP contribution in [0.2, 0.25) is 0 Å². The molecule has 0 aliphatic heterocycles. The summed E-state index contributed by atoms with van der Waals surface area (Å²) in [7, 11) is 0. The Bertz CT molecular complexity index is 380. The lowest BCUT2D eigenvalue weighted by atomic mass is 10.0. The first kappa shape index (κ1) is 15.1. The lowest BCUT2D eigenvalue weighted by Gasteiger charge is -2.13. The van der Waals surface area contributed by atoms with Crippen LogP contribution in [0.5, 0.6) is 0 Å². The largest absolute Gasteiger partial charge is 0.396 e. The summed E-state index contributed by atoms with van der Waals surface area (Å²) in [5.41, 5.74) is 2.06. The molecule has 0 aromatic heterocycles. The van der Waals surface area contributed by atoms with Gasteiger partial charge in [-0.05, 0) is 29.7 Å². The quantitative estimate of drug-likeness (QED) is 0.747. The number of amides is 1. The zero-order chi connectivity index (χ0) is 13.4. The normalized spacial score (nSPS) is 10.7. The number of nitrogens with one attached hydrogen (secondary N) is 1. The van der Waals surface area contributed by atoms with Gasteiger partial charge in [0.25, 0.3) is 0 Å². The van der Waals surface area contributed by atoms with E-state index < -0.39 is 0 Å². The van der Waals surface area contributed by atoms with Gasteiger partial charge in [-0.2, -0.15) is 11.8 Å². The van der Waals surface area contributed by atoms with E-state index in [9.17, 15) is 4.79 Å². The van der Waals surface area contributed by atoms with Crippen LogP contribution in [0.3, 0.4) is 0 Å². The third-order valence-electron chi connectivity index (χ3n) is 2.54. The molecule has 0 bridgehead atoms. The first-order valence-electron chi connectivity index (χ1n) is 6.22. The number of anilines is 1. The molecule has 0 spiro atoms. The molecule has 2 N–H and O–H groups in total. The Balaban J connectivity index is 2.49. The van der Waals surface area contributed by atoms with Crippen molar-refractivity contribution in [3.8, 4) is 0 Å². The number of carbonyl (C=O) groups excluding carboxylic acids is 1. The molecule has 0 atom stereocenters. The van der Waals surface area contributed by atoms with Crippen molar-refractivity contribution in [2.24, 2.45) is 0 Å². The molecule has 0 aliphatic carbocycles. The molecule has 4 heteroatoms. The van der Waals surface area contributed by atoms with Gasteiger partial charge in [0.2, 0.25) is 5.91 Å². The monoisotopic (exact) mass is 267 g/mol. The minimum atomic E-state index is 0.0195. The predicted octanol–water partition coefficient (Wildman–Crippen LogP) is 2.86. The lowest BCUT2D eigenvalue weighted by Crippen LogP contribution is -2.16. The average Bonchev–Trinajstić information content (AvgIpc) is 2.35. The number of benzene rings is 1. The molecule has 100 valence electrons. The number of hydrogen-bond acceptors (Lipinski definition) is 3. The second kappa shape index (κ2) is 8.16. The molecule has 0 radical (unpaired) electrons. The molecule has 0 fully saturated rings. The van der Waals surface area contributed by atoms with Crippen molar-refractivity contribution in [1.82, 2.24) is 0 Å². The molecule has 0 heterocycles. The maximum Gasteiger partial charge on any atom is 0.234 e. The summed E-state index contributed by atoms with van der Waals surface area (Å²) in [6.07, 6.45) is 0.737. The number of hydrogen-bond donors (Lipinski definition) is 2. The molecule has 1 amide bonds. The Morgan fingerprint density at radius 2 is 2.11 bits per heavy atom. The van der Waals surface area contributed by atoms with Crippen molar-refractivity contribution in [2.45, 2.75) is 26.2 Å². The first-order chi connectivity index (χ1) is 8.65. The fourth-order valence-corrected chi connectivity index (χ4v) is 2.37. The molecule has 3 nitrogen and oxygen atoms in total. The number of carbonyl (C=O) groups is 1. The van der Waals surface area contributed by atoms with E-state index >= 15 is 0 Å². The highest BCUT2D eigenvalue weighted by Crippen LogP contribution is 2.23. The van der Waals surface area contributed by atoms with Gasteiger partial charge in [0.15, 0.2) is 0 Å². The zero-order valence-corrected chi connectivity index (χ0v) is 11.8. The van der Waals surface area contributed by atoms with Crippen molar-refractivity contribution < 1.29 is 9.90 Å². The van der Waals surface area contributed by atoms with Crippen molar-refractivity contribution in [2.75, 3.05) is 23.4 Å². The highest BCUT2D eigenvalue weighted by molar-refractivity contribution is 7.99. The van der Waals surface area contributed by atoms with Crippen LogP contribution in [0.1, 0.15) is 31.7 Å². The van der Waals surface area contributed by atoms with Crippen LogP contribution < -0.4 is 5.32 Å². The van der Waals surface area contributed by atoms with E-state index in [1.54, 1.807) is 11.8 Å². The fourth-order valence-electron chi connectivity index (χ4n) is 1.63. The van der Waals surface area contributed by atoms with E-state index in [0.29, 0.717) is 11.7 Å². The maximum absolute atomic E-state index is 11.8. The number of para-hydroxylation sites is 1. The summed E-state index contributed by atoms with van der Waals surface area (Å²) in [6, 6.07) is 7.90. The fraction of sp³-hybridized carbons (Fsp3) is 0.500. The summed E-state index contributed by atoms with van der Waals surface area (Å²) in [5.74, 6) is 1.66. The van der Waals surface area contributed by atoms with E-state index in [1.807, 2.05) is 24.3 Å². The average molecular weight is 267 g/mol. The van der Waals surface area contributed by atoms with Gasteiger partial charge in [-0.1, -0.05) is 32.0 Å². The minimum Gasteiger partial charge on any atom is -0.396 e. The van der Waals surface area contributed by atoms with Crippen LogP contribution in [0, 0.1) is 0 Å². The van der Waals surface area contributed by atoms with Crippen LogP contribution in [-0.2, 0) is 4.79 Å². The van der Waals surface area contributed by atoms with Gasteiger partial charge < -0.3 is 10.4 Å². The third-order valence-corrected chi connectivity index (χ3v) is 3.58. The summed E-state index contributed by atoms with van der Waals surface area (Å²) in [6.45, 7) is 4.41. The van der Waals surface area contributed by atoms with Crippen molar-refractivity contribution in [3.63, 3.8) is 0 Å². The first-order valence-corrected chi connectivity index (χ1v) is 7.38. The van der Waals surface area contributed by atoms with Crippen LogP contribution in [0.25, 0.3) is 0 Å². The van der Waals surface area contributed by atoms with Crippen molar-refractivity contribution in [3.05, 3.63) is 29.8 Å². The van der Waals surface area contributed by atoms with E-state index in [4.69, 9.17) is 5.11 Å². The van der Waals surface area contributed by atoms with Crippen molar-refractivity contribution >= 4 is 23.4 Å². The summed E-state index contributed by atoms with van der Waals surface area (Å²) < 4.78 is 0. The topological polar surface area (TPSA) is 49.3 Å². The van der Waals surface area contributed by atoms with Crippen LogP contribution >= 0.6 is 11.8 Å². The Labute approximate surface area is 113 Å². The van der Waals surface area contributed by atoms with Gasteiger partial charge in [0.1, 0.15) is 0 Å². The summed E-state index contributed by atoms with van der Waals surface area (Å²) in [4.78, 5) is 11.8. The Hall–Kier alpha value is -1.000. The molecule has 1 rings (SSSR count). The van der Waals surface area contributed by atoms with E-state index in [2.05, 4.69) is 19.2 Å². The molecular weight excluding hydrogens is 246 g/mol. The standard InChI is InChI=1S/C14H21NO2S/c1-11(2)12-6-3-4-7-13(12)15-14(17)10-18-9-5-8-16/h3-4,6-7,11,16H,5,8-10H2,1-2H3,(H,15,17). The number of aliphatic hydroxyl groups is 1. The van der Waals surface area contributed by atoms with Gasteiger partial charge in [0, 0.05) is 12.3 Å². The highest BCUT2D eigenvalue weighted by Gasteiger charge is 2.08. The smallest absolute Gasteiger partial charge is 0.234 e. The van der Waals surface area contributed by atoms with Crippen LogP contribution in [0.15, 0.2) is 24.3 Å². The SMILES string of the molecule is CC(C)c1ccccc1NC(=O)CSCCCO. The maximum atomic E-state index is 11.8.